The predicted octanol–water partition coefficient (Wildman–Crippen LogP) is 5.02. The Morgan fingerprint density at radius 1 is 1.27 bits per heavy atom. The van der Waals surface area contributed by atoms with Crippen molar-refractivity contribution in [2.45, 2.75) is 83.1 Å². The molecule has 1 saturated carbocycles. The van der Waals surface area contributed by atoms with E-state index in [4.69, 9.17) is 4.74 Å². The first kappa shape index (κ1) is 27.2. The molecule has 2 aromatic rings. The van der Waals surface area contributed by atoms with E-state index in [1.807, 2.05) is 6.20 Å². The number of nitrogens with zero attached hydrogens (tertiary/aromatic N) is 1. The van der Waals surface area contributed by atoms with Crippen molar-refractivity contribution in [2.24, 2.45) is 5.41 Å². The van der Waals surface area contributed by atoms with Crippen LogP contribution in [0.2, 0.25) is 0 Å². The molecule has 8 heteroatoms. The molecule has 200 valence electrons. The Hall–Kier alpha value is -2.84. The minimum atomic E-state index is -0.963. The van der Waals surface area contributed by atoms with Gasteiger partial charge in [0.25, 0.3) is 5.91 Å². The summed E-state index contributed by atoms with van der Waals surface area (Å²) in [5.74, 6) is -1.70. The lowest BCUT2D eigenvalue weighted by Gasteiger charge is -2.47. The van der Waals surface area contributed by atoms with Crippen LogP contribution in [0.15, 0.2) is 43.1 Å². The number of benzene rings is 1. The summed E-state index contributed by atoms with van der Waals surface area (Å²) in [6, 6.07) is 4.03. The maximum absolute atomic E-state index is 13.6. The van der Waals surface area contributed by atoms with Crippen LogP contribution >= 0.6 is 0 Å². The number of aliphatic hydroxyl groups is 1. The first-order valence-corrected chi connectivity index (χ1v) is 12.9. The van der Waals surface area contributed by atoms with Crippen molar-refractivity contribution in [1.82, 2.24) is 15.6 Å². The molecule has 3 atom stereocenters. The average Bonchev–Trinajstić information content (AvgIpc) is 2.79. The molecule has 1 spiro atoms. The Morgan fingerprint density at radius 3 is 2.57 bits per heavy atom. The molecule has 2 aliphatic rings. The fourth-order valence-corrected chi connectivity index (χ4v) is 5.18. The van der Waals surface area contributed by atoms with E-state index >= 15 is 0 Å². The Balaban J connectivity index is 1.48. The van der Waals surface area contributed by atoms with Crippen molar-refractivity contribution in [3.05, 3.63) is 71.4 Å². The van der Waals surface area contributed by atoms with Gasteiger partial charge in [0.2, 0.25) is 5.88 Å². The lowest BCUT2D eigenvalue weighted by Crippen LogP contribution is -2.52. The van der Waals surface area contributed by atoms with Gasteiger partial charge in [-0.25, -0.2) is 13.8 Å². The van der Waals surface area contributed by atoms with Gasteiger partial charge in [0.1, 0.15) is 17.2 Å². The van der Waals surface area contributed by atoms with Gasteiger partial charge in [0, 0.05) is 42.4 Å². The van der Waals surface area contributed by atoms with Crippen molar-refractivity contribution in [3.63, 3.8) is 0 Å². The molecule has 1 fully saturated rings. The topological polar surface area (TPSA) is 83.5 Å². The number of amides is 1. The number of carbonyl (C=O) groups is 1. The van der Waals surface area contributed by atoms with E-state index in [0.29, 0.717) is 11.9 Å². The minimum Gasteiger partial charge on any atom is -0.471 e. The van der Waals surface area contributed by atoms with Gasteiger partial charge < -0.3 is 20.5 Å². The van der Waals surface area contributed by atoms with Crippen LogP contribution in [-0.2, 0) is 6.42 Å². The summed E-state index contributed by atoms with van der Waals surface area (Å²) in [6.07, 6.45) is 7.51. The fraction of sp³-hybridized carbons (Fsp3) is 0.517. The zero-order valence-electron chi connectivity index (χ0n) is 21.8. The van der Waals surface area contributed by atoms with Gasteiger partial charge in [0.05, 0.1) is 12.1 Å². The molecule has 0 radical (unpaired) electrons. The van der Waals surface area contributed by atoms with Gasteiger partial charge in [-0.1, -0.05) is 26.8 Å². The summed E-state index contributed by atoms with van der Waals surface area (Å²) in [6.45, 7) is 10.5. The average molecular weight is 514 g/mol. The molecule has 1 aliphatic heterocycles. The highest BCUT2D eigenvalue weighted by Gasteiger charge is 2.46. The van der Waals surface area contributed by atoms with E-state index in [1.165, 1.54) is 0 Å². The standard InChI is InChI=1S/C29H37F2N3O3/c1-5-7-23(34-26(36)19-11-20(30)13-21(31)12-19)25(35)17-32-24-15-29(8-6-9-29)37-27-22(24)10-18(16-33-27)14-28(2,3)4/h5,10-13,16,23-25,32,35H,1,6-9,14-15,17H2,2-4H3,(H,34,36)/t23-,24-,25+/m0/s1. The molecule has 4 rings (SSSR count). The third kappa shape index (κ3) is 6.73. The van der Waals surface area contributed by atoms with E-state index < -0.39 is 29.7 Å². The lowest BCUT2D eigenvalue weighted by atomic mass is 9.73. The van der Waals surface area contributed by atoms with E-state index in [-0.39, 0.29) is 35.6 Å². The Bertz CT molecular complexity index is 1120. The Morgan fingerprint density at radius 2 is 1.97 bits per heavy atom. The third-order valence-corrected chi connectivity index (χ3v) is 7.10. The van der Waals surface area contributed by atoms with Crippen molar-refractivity contribution in [3.8, 4) is 5.88 Å². The zero-order chi connectivity index (χ0) is 26.8. The van der Waals surface area contributed by atoms with Crippen LogP contribution in [0.25, 0.3) is 0 Å². The number of hydrogen-bond donors (Lipinski definition) is 3. The monoisotopic (exact) mass is 513 g/mol. The van der Waals surface area contributed by atoms with E-state index in [2.05, 4.69) is 49.0 Å². The first-order chi connectivity index (χ1) is 17.5. The summed E-state index contributed by atoms with van der Waals surface area (Å²) in [5, 5.41) is 17.2. The molecule has 37 heavy (non-hydrogen) atoms. The number of hydrogen-bond acceptors (Lipinski definition) is 5. The van der Waals surface area contributed by atoms with Crippen molar-refractivity contribution in [2.75, 3.05) is 6.54 Å². The number of halogens is 2. The number of aromatic nitrogens is 1. The molecule has 3 N–H and O–H groups in total. The van der Waals surface area contributed by atoms with Crippen LogP contribution in [0.4, 0.5) is 8.78 Å². The number of nitrogens with one attached hydrogen (secondary N) is 2. The highest BCUT2D eigenvalue weighted by molar-refractivity contribution is 5.94. The number of ether oxygens (including phenoxy) is 1. The largest absolute Gasteiger partial charge is 0.471 e. The van der Waals surface area contributed by atoms with Crippen LogP contribution in [-0.4, -0.2) is 40.3 Å². The van der Waals surface area contributed by atoms with Crippen molar-refractivity contribution < 1.29 is 23.4 Å². The van der Waals surface area contributed by atoms with Gasteiger partial charge in [-0.05, 0) is 61.3 Å². The second-order valence-corrected chi connectivity index (χ2v) is 11.6. The van der Waals surface area contributed by atoms with Crippen molar-refractivity contribution in [1.29, 1.82) is 0 Å². The summed E-state index contributed by atoms with van der Waals surface area (Å²) in [7, 11) is 0. The molecule has 1 aromatic carbocycles. The Kier molecular flexibility index (Phi) is 7.99. The molecular formula is C29H37F2N3O3. The highest BCUT2D eigenvalue weighted by Crippen LogP contribution is 2.48. The molecule has 0 unspecified atom stereocenters. The quantitative estimate of drug-likeness (QED) is 0.410. The lowest BCUT2D eigenvalue weighted by molar-refractivity contribution is -0.0420. The predicted molar refractivity (Wildman–Crippen MR) is 138 cm³/mol. The maximum Gasteiger partial charge on any atom is 0.251 e. The second-order valence-electron chi connectivity index (χ2n) is 11.6. The van der Waals surface area contributed by atoms with Gasteiger partial charge in [0.15, 0.2) is 0 Å². The molecule has 6 nitrogen and oxygen atoms in total. The number of aliphatic hydroxyl groups excluding tert-OH is 1. The van der Waals surface area contributed by atoms with Crippen LogP contribution in [0.3, 0.4) is 0 Å². The molecule has 0 bridgehead atoms. The fourth-order valence-electron chi connectivity index (χ4n) is 5.18. The highest BCUT2D eigenvalue weighted by atomic mass is 19.1. The van der Waals surface area contributed by atoms with E-state index in [9.17, 15) is 18.7 Å². The normalized spacial score (nSPS) is 19.8. The molecule has 0 saturated heterocycles. The molecule has 2 heterocycles. The SMILES string of the molecule is C=CC[C@H](NC(=O)c1cc(F)cc(F)c1)[C@H](O)CN[C@H]1CC2(CCC2)Oc2ncc(CC(C)(C)C)cc21. The second kappa shape index (κ2) is 10.9. The van der Waals surface area contributed by atoms with Crippen LogP contribution < -0.4 is 15.4 Å². The van der Waals surface area contributed by atoms with Crippen LogP contribution in [0.1, 0.15) is 80.4 Å². The van der Waals surface area contributed by atoms with Crippen LogP contribution in [0, 0.1) is 17.0 Å². The summed E-state index contributed by atoms with van der Waals surface area (Å²) in [4.78, 5) is 17.3. The Labute approximate surface area is 217 Å². The summed E-state index contributed by atoms with van der Waals surface area (Å²) < 4.78 is 33.5. The number of carbonyl (C=O) groups excluding carboxylic acids is 1. The number of pyridine rings is 1. The number of rotatable bonds is 9. The first-order valence-electron chi connectivity index (χ1n) is 12.9. The van der Waals surface area contributed by atoms with Gasteiger partial charge in [-0.15, -0.1) is 6.58 Å². The van der Waals surface area contributed by atoms with Gasteiger partial charge in [-0.3, -0.25) is 4.79 Å². The zero-order valence-corrected chi connectivity index (χ0v) is 21.8. The van der Waals surface area contributed by atoms with Crippen LogP contribution in [0.5, 0.6) is 5.88 Å². The molecule has 1 aromatic heterocycles. The van der Waals surface area contributed by atoms with E-state index in [1.54, 1.807) is 6.08 Å². The third-order valence-electron chi connectivity index (χ3n) is 7.10. The van der Waals surface area contributed by atoms with Gasteiger partial charge >= 0.3 is 0 Å². The van der Waals surface area contributed by atoms with Gasteiger partial charge in [-0.2, -0.15) is 0 Å². The minimum absolute atomic E-state index is 0.0662. The molecule has 1 aliphatic carbocycles. The van der Waals surface area contributed by atoms with E-state index in [0.717, 1.165) is 55.4 Å². The maximum atomic E-state index is 13.6. The summed E-state index contributed by atoms with van der Waals surface area (Å²) >= 11 is 0. The molecular weight excluding hydrogens is 476 g/mol. The number of fused-ring (bicyclic) bond motifs is 1. The van der Waals surface area contributed by atoms with Crippen molar-refractivity contribution >= 4 is 5.91 Å². The molecule has 1 amide bonds. The summed E-state index contributed by atoms with van der Waals surface area (Å²) in [5.41, 5.74) is 1.84. The smallest absolute Gasteiger partial charge is 0.251 e.